The molecule has 2 aliphatic rings. The van der Waals surface area contributed by atoms with Gasteiger partial charge in [-0.05, 0) is 20.3 Å². The van der Waals surface area contributed by atoms with Crippen LogP contribution < -0.4 is 10.6 Å². The molecule has 2 rings (SSSR count). The second-order valence-electron chi connectivity index (χ2n) is 10.2. The average Bonchev–Trinajstić information content (AvgIpc) is 2.84. The Bertz CT molecular complexity index is 965. The molecule has 4 unspecified atom stereocenters. The average molecular weight is 633 g/mol. The molecule has 0 spiro atoms. The summed E-state index contributed by atoms with van der Waals surface area (Å²) in [5, 5.41) is 56.5. The molecule has 2 saturated heterocycles. The Hall–Kier alpha value is -1.80. The fraction of sp³-hybridized carbons (Fsp3) is 0.870. The molecule has 2 amide bonds. The molecular formula is C23H41N2O16P. The van der Waals surface area contributed by atoms with E-state index in [1.54, 1.807) is 6.92 Å². The third-order valence-electron chi connectivity index (χ3n) is 6.46. The second kappa shape index (κ2) is 15.8. The highest BCUT2D eigenvalue weighted by Crippen LogP contribution is 2.42. The van der Waals surface area contributed by atoms with Gasteiger partial charge in [0.15, 0.2) is 12.6 Å². The minimum atomic E-state index is -5.13. The zero-order valence-electron chi connectivity index (χ0n) is 23.5. The molecule has 2 aliphatic heterocycles. The Morgan fingerprint density at radius 3 is 2.05 bits per heavy atom. The van der Waals surface area contributed by atoms with Gasteiger partial charge in [0.2, 0.25) is 11.8 Å². The predicted molar refractivity (Wildman–Crippen MR) is 137 cm³/mol. The number of amides is 2. The van der Waals surface area contributed by atoms with Crippen LogP contribution in [0.2, 0.25) is 0 Å². The van der Waals surface area contributed by atoms with Crippen LogP contribution in [0, 0.1) is 0 Å². The summed E-state index contributed by atoms with van der Waals surface area (Å²) in [6.07, 6.45) is -15.2. The van der Waals surface area contributed by atoms with Gasteiger partial charge in [-0.1, -0.05) is 6.92 Å². The van der Waals surface area contributed by atoms with Crippen molar-refractivity contribution in [3.8, 4) is 0 Å². The molecular weight excluding hydrogens is 591 g/mol. The van der Waals surface area contributed by atoms with Crippen molar-refractivity contribution in [2.75, 3.05) is 6.61 Å². The predicted octanol–water partition coefficient (Wildman–Crippen LogP) is -3.50. The summed E-state index contributed by atoms with van der Waals surface area (Å²) in [5.41, 5.74) is 0. The van der Waals surface area contributed by atoms with E-state index in [2.05, 4.69) is 10.6 Å². The van der Waals surface area contributed by atoms with Gasteiger partial charge >= 0.3 is 13.8 Å². The zero-order valence-corrected chi connectivity index (χ0v) is 24.4. The summed E-state index contributed by atoms with van der Waals surface area (Å²) < 4.78 is 37.9. The fourth-order valence-corrected chi connectivity index (χ4v) is 5.18. The Kier molecular flexibility index (Phi) is 13.7. The molecule has 12 atom stereocenters. The first-order valence-electron chi connectivity index (χ1n) is 13.3. The summed E-state index contributed by atoms with van der Waals surface area (Å²) in [4.78, 5) is 54.5. The normalized spacial score (nSPS) is 35.1. The van der Waals surface area contributed by atoms with Crippen LogP contribution in [0.1, 0.15) is 47.0 Å². The third-order valence-corrected chi connectivity index (χ3v) is 6.97. The molecule has 0 aliphatic carbocycles. The van der Waals surface area contributed by atoms with Crippen molar-refractivity contribution in [3.05, 3.63) is 0 Å². The summed E-state index contributed by atoms with van der Waals surface area (Å²) in [6.45, 7) is 4.91. The van der Waals surface area contributed by atoms with E-state index < -0.39 is 106 Å². The highest BCUT2D eigenvalue weighted by Gasteiger charge is 2.50. The van der Waals surface area contributed by atoms with Gasteiger partial charge in [-0.2, -0.15) is 0 Å². The topological polar surface area (TPSA) is 280 Å². The second-order valence-corrected chi connectivity index (χ2v) is 11.4. The Morgan fingerprint density at radius 1 is 0.905 bits per heavy atom. The van der Waals surface area contributed by atoms with Crippen LogP contribution in [0.15, 0.2) is 0 Å². The quantitative estimate of drug-likeness (QED) is 0.0703. The van der Waals surface area contributed by atoms with Crippen molar-refractivity contribution in [3.63, 3.8) is 0 Å². The number of nitrogens with one attached hydrogen (secondary N) is 2. The van der Waals surface area contributed by atoms with Gasteiger partial charge in [-0.25, -0.2) is 4.57 Å². The number of ether oxygens (including phenoxy) is 4. The van der Waals surface area contributed by atoms with Crippen LogP contribution in [-0.2, 0) is 42.4 Å². The number of phosphoric ester groups is 1. The van der Waals surface area contributed by atoms with Crippen molar-refractivity contribution in [1.29, 1.82) is 0 Å². The Labute approximate surface area is 241 Å². The summed E-state index contributed by atoms with van der Waals surface area (Å²) in [7, 11) is -5.13. The SMILES string of the molecule is CCC1O[C@@H](OCC2O[C@H](O)C(NC(=O)C[C@@H](C)O)[C@@H](O)[C@@H]2O)C(NC(=O)C[C@@H](C)OC(C)=O)[C@@H](O)[C@@H]1OP(=O)(O)O. The van der Waals surface area contributed by atoms with E-state index in [0.717, 1.165) is 6.92 Å². The fourth-order valence-electron chi connectivity index (χ4n) is 4.61. The van der Waals surface area contributed by atoms with Crippen molar-refractivity contribution in [2.24, 2.45) is 0 Å². The van der Waals surface area contributed by atoms with Crippen LogP contribution in [0.5, 0.6) is 0 Å². The monoisotopic (exact) mass is 632 g/mol. The molecule has 19 heteroatoms. The molecule has 18 nitrogen and oxygen atoms in total. The van der Waals surface area contributed by atoms with E-state index in [1.807, 2.05) is 0 Å². The molecule has 2 heterocycles. The van der Waals surface area contributed by atoms with Crippen molar-refractivity contribution in [1.82, 2.24) is 10.6 Å². The van der Waals surface area contributed by atoms with Crippen molar-refractivity contribution < 1.29 is 77.7 Å². The maximum absolute atomic E-state index is 12.7. The summed E-state index contributed by atoms with van der Waals surface area (Å²) in [5.74, 6) is -2.12. The Morgan fingerprint density at radius 2 is 1.50 bits per heavy atom. The number of rotatable bonds is 13. The minimum absolute atomic E-state index is 0.0690. The number of carbonyl (C=O) groups excluding carboxylic acids is 3. The summed E-state index contributed by atoms with van der Waals surface area (Å²) >= 11 is 0. The standard InChI is InChI=1S/C23H41N2O16P/c1-5-12-21(41-42(34,35)36)20(32)17(25-15(29)7-10(3)38-11(4)27)23(40-12)37-8-13-18(30)19(31)16(22(33)39-13)24-14(28)6-9(2)26/h9-10,12-13,16-23,26,30-33H,5-8H2,1-4H3,(H,24,28)(H,25,29)(H2,34,35,36)/t9-,10-,12?,13?,16?,17?,18-,19-,20-,21-,22+,23-/m1/s1. The lowest BCUT2D eigenvalue weighted by Crippen LogP contribution is -2.66. The first-order valence-corrected chi connectivity index (χ1v) is 14.8. The van der Waals surface area contributed by atoms with E-state index in [0.29, 0.717) is 0 Å². The van der Waals surface area contributed by atoms with E-state index >= 15 is 0 Å². The molecule has 0 aromatic carbocycles. The lowest BCUT2D eigenvalue weighted by molar-refractivity contribution is -0.294. The number of aliphatic hydroxyl groups excluding tert-OH is 5. The van der Waals surface area contributed by atoms with Crippen molar-refractivity contribution in [2.45, 2.75) is 120 Å². The lowest BCUT2D eigenvalue weighted by Gasteiger charge is -2.45. The first-order chi connectivity index (χ1) is 19.4. The van der Waals surface area contributed by atoms with E-state index in [9.17, 15) is 54.3 Å². The zero-order chi connectivity index (χ0) is 31.9. The molecule has 0 aromatic heterocycles. The highest BCUT2D eigenvalue weighted by atomic mass is 31.2. The first kappa shape index (κ1) is 36.4. The van der Waals surface area contributed by atoms with Crippen LogP contribution in [0.4, 0.5) is 0 Å². The minimum Gasteiger partial charge on any atom is -0.462 e. The molecule has 0 radical (unpaired) electrons. The van der Waals surface area contributed by atoms with Crippen LogP contribution in [-0.4, -0.2) is 133 Å². The van der Waals surface area contributed by atoms with Gasteiger partial charge in [0.1, 0.15) is 48.7 Å². The number of aliphatic hydroxyl groups is 5. The number of hydrogen-bond donors (Lipinski definition) is 9. The largest absolute Gasteiger partial charge is 0.470 e. The number of phosphoric acid groups is 1. The van der Waals surface area contributed by atoms with Gasteiger partial charge in [0.25, 0.3) is 0 Å². The summed E-state index contributed by atoms with van der Waals surface area (Å²) in [6, 6.07) is -2.96. The van der Waals surface area contributed by atoms with Gasteiger partial charge in [0.05, 0.1) is 31.7 Å². The van der Waals surface area contributed by atoms with E-state index in [1.165, 1.54) is 13.8 Å². The van der Waals surface area contributed by atoms with Crippen LogP contribution in [0.3, 0.4) is 0 Å². The number of hydrogen-bond acceptors (Lipinski definition) is 14. The maximum atomic E-state index is 12.7. The molecule has 0 saturated carbocycles. The lowest BCUT2D eigenvalue weighted by atomic mass is 9.94. The highest BCUT2D eigenvalue weighted by molar-refractivity contribution is 7.46. The maximum Gasteiger partial charge on any atom is 0.470 e. The number of carbonyl (C=O) groups is 3. The molecule has 0 bridgehead atoms. The van der Waals surface area contributed by atoms with E-state index in [-0.39, 0.29) is 19.3 Å². The molecule has 2 fully saturated rings. The van der Waals surface area contributed by atoms with Crippen LogP contribution in [0.25, 0.3) is 0 Å². The Balaban J connectivity index is 2.18. The third kappa shape index (κ3) is 10.7. The van der Waals surface area contributed by atoms with E-state index in [4.69, 9.17) is 23.5 Å². The van der Waals surface area contributed by atoms with Gasteiger partial charge < -0.3 is 64.9 Å². The smallest absolute Gasteiger partial charge is 0.462 e. The van der Waals surface area contributed by atoms with Gasteiger partial charge in [-0.3, -0.25) is 18.9 Å². The molecule has 9 N–H and O–H groups in total. The van der Waals surface area contributed by atoms with Crippen molar-refractivity contribution >= 4 is 25.6 Å². The van der Waals surface area contributed by atoms with Crippen LogP contribution >= 0.6 is 7.82 Å². The molecule has 0 aromatic rings. The van der Waals surface area contributed by atoms with Gasteiger partial charge in [-0.15, -0.1) is 0 Å². The number of esters is 1. The van der Waals surface area contributed by atoms with Gasteiger partial charge in [0, 0.05) is 6.92 Å². The molecule has 244 valence electrons. The molecule has 42 heavy (non-hydrogen) atoms.